The first-order valence-corrected chi connectivity index (χ1v) is 8.93. The summed E-state index contributed by atoms with van der Waals surface area (Å²) in [7, 11) is 0. The van der Waals surface area contributed by atoms with Crippen molar-refractivity contribution in [2.24, 2.45) is 0 Å². The minimum atomic E-state index is -0.662. The van der Waals surface area contributed by atoms with Crippen LogP contribution in [0.25, 0.3) is 0 Å². The van der Waals surface area contributed by atoms with Gasteiger partial charge in [-0.3, -0.25) is 9.69 Å². The van der Waals surface area contributed by atoms with Gasteiger partial charge in [-0.1, -0.05) is 6.07 Å². The van der Waals surface area contributed by atoms with E-state index in [1.807, 2.05) is 17.0 Å². The van der Waals surface area contributed by atoms with Crippen molar-refractivity contribution in [1.29, 1.82) is 0 Å². The topological polar surface area (TPSA) is 55.8 Å². The Kier molecular flexibility index (Phi) is 5.91. The van der Waals surface area contributed by atoms with Gasteiger partial charge >= 0.3 is 0 Å². The molecule has 27 heavy (non-hydrogen) atoms. The lowest BCUT2D eigenvalue weighted by Crippen LogP contribution is -2.49. The van der Waals surface area contributed by atoms with Gasteiger partial charge in [-0.15, -0.1) is 0 Å². The molecule has 3 rings (SSSR count). The fourth-order valence-corrected chi connectivity index (χ4v) is 3.25. The number of nitrogens with zero attached hydrogens (tertiary/aromatic N) is 2. The van der Waals surface area contributed by atoms with Crippen LogP contribution in [0.5, 0.6) is 5.75 Å². The van der Waals surface area contributed by atoms with Crippen LogP contribution < -0.4 is 10.2 Å². The highest BCUT2D eigenvalue weighted by Gasteiger charge is 2.21. The molecule has 5 nitrogen and oxygen atoms in total. The van der Waals surface area contributed by atoms with Gasteiger partial charge in [0.2, 0.25) is 5.91 Å². The summed E-state index contributed by atoms with van der Waals surface area (Å²) in [5.41, 5.74) is 1.30. The Bertz CT molecular complexity index is 790. The number of rotatable bonds is 5. The minimum absolute atomic E-state index is 0.190. The minimum Gasteiger partial charge on any atom is -0.508 e. The maximum Gasteiger partial charge on any atom is 0.234 e. The third-order valence-electron chi connectivity index (χ3n) is 4.76. The maximum atomic E-state index is 13.8. The van der Waals surface area contributed by atoms with E-state index in [-0.39, 0.29) is 23.8 Å². The predicted molar refractivity (Wildman–Crippen MR) is 99.7 cm³/mol. The summed E-state index contributed by atoms with van der Waals surface area (Å²) in [5.74, 6) is -1.25. The molecule has 144 valence electrons. The molecule has 2 aromatic carbocycles. The van der Waals surface area contributed by atoms with Crippen LogP contribution in [0.2, 0.25) is 0 Å². The zero-order valence-corrected chi connectivity index (χ0v) is 15.2. The second-order valence-electron chi connectivity index (χ2n) is 6.73. The van der Waals surface area contributed by atoms with E-state index in [1.165, 1.54) is 12.1 Å². The smallest absolute Gasteiger partial charge is 0.234 e. The maximum absolute atomic E-state index is 13.8. The molecular formula is C20H23F2N3O2. The zero-order chi connectivity index (χ0) is 19.4. The van der Waals surface area contributed by atoms with E-state index >= 15 is 0 Å². The van der Waals surface area contributed by atoms with E-state index in [2.05, 4.69) is 10.2 Å². The number of benzene rings is 2. The number of anilines is 1. The van der Waals surface area contributed by atoms with Gasteiger partial charge in [-0.25, -0.2) is 8.78 Å². The molecule has 0 saturated carbocycles. The number of amides is 1. The third kappa shape index (κ3) is 4.95. The predicted octanol–water partition coefficient (Wildman–Crippen LogP) is 2.67. The average molecular weight is 375 g/mol. The lowest BCUT2D eigenvalue weighted by molar-refractivity contribution is -0.123. The van der Waals surface area contributed by atoms with Crippen LogP contribution in [0.3, 0.4) is 0 Å². The van der Waals surface area contributed by atoms with Gasteiger partial charge < -0.3 is 15.3 Å². The van der Waals surface area contributed by atoms with E-state index in [1.54, 1.807) is 19.1 Å². The van der Waals surface area contributed by atoms with Gasteiger partial charge in [0, 0.05) is 43.5 Å². The van der Waals surface area contributed by atoms with Gasteiger partial charge in [0.25, 0.3) is 0 Å². The first-order valence-electron chi connectivity index (χ1n) is 8.93. The molecule has 2 aromatic rings. The summed E-state index contributed by atoms with van der Waals surface area (Å²) in [6.45, 7) is 4.93. The quantitative estimate of drug-likeness (QED) is 0.844. The molecule has 1 aliphatic rings. The molecule has 7 heteroatoms. The lowest BCUT2D eigenvalue weighted by Gasteiger charge is -2.35. The molecule has 1 amide bonds. The normalized spacial score (nSPS) is 16.2. The Balaban J connectivity index is 1.48. The van der Waals surface area contributed by atoms with Crippen molar-refractivity contribution in [1.82, 2.24) is 10.2 Å². The highest BCUT2D eigenvalue weighted by molar-refractivity contribution is 5.78. The summed E-state index contributed by atoms with van der Waals surface area (Å²) >= 11 is 0. The van der Waals surface area contributed by atoms with Crippen molar-refractivity contribution in [3.63, 3.8) is 0 Å². The van der Waals surface area contributed by atoms with Crippen LogP contribution in [0.15, 0.2) is 42.5 Å². The highest BCUT2D eigenvalue weighted by Crippen LogP contribution is 2.20. The Morgan fingerprint density at radius 3 is 2.41 bits per heavy atom. The summed E-state index contributed by atoms with van der Waals surface area (Å²) < 4.78 is 26.8. The molecular weight excluding hydrogens is 352 g/mol. The van der Waals surface area contributed by atoms with Gasteiger partial charge in [0.1, 0.15) is 17.4 Å². The van der Waals surface area contributed by atoms with E-state index in [9.17, 15) is 18.7 Å². The van der Waals surface area contributed by atoms with Gasteiger partial charge in [0.15, 0.2) is 0 Å². The average Bonchev–Trinajstić information content (AvgIpc) is 2.63. The standard InChI is InChI=1S/C20H23F2N3O2/c1-14(18-7-2-15(21)12-19(18)22)23-20(27)13-24-8-10-25(11-9-24)16-3-5-17(26)6-4-16/h2-7,12,14,26H,8-11,13H2,1H3,(H,23,27)/t14-/m1/s1. The molecule has 1 atom stereocenters. The number of nitrogens with one attached hydrogen (secondary N) is 1. The van der Waals surface area contributed by atoms with Crippen molar-refractivity contribution in [2.75, 3.05) is 37.6 Å². The van der Waals surface area contributed by atoms with E-state index < -0.39 is 17.7 Å². The number of halogens is 2. The summed E-state index contributed by atoms with van der Waals surface area (Å²) in [6, 6.07) is 9.89. The first-order chi connectivity index (χ1) is 12.9. The van der Waals surface area contributed by atoms with Crippen LogP contribution in [0.1, 0.15) is 18.5 Å². The molecule has 1 fully saturated rings. The molecule has 1 heterocycles. The van der Waals surface area contributed by atoms with Crippen LogP contribution in [0.4, 0.5) is 14.5 Å². The number of phenols is 1. The van der Waals surface area contributed by atoms with Crippen molar-refractivity contribution < 1.29 is 18.7 Å². The number of carbonyl (C=O) groups excluding carboxylic acids is 1. The molecule has 0 aliphatic carbocycles. The van der Waals surface area contributed by atoms with Crippen molar-refractivity contribution in [2.45, 2.75) is 13.0 Å². The number of aromatic hydroxyl groups is 1. The fourth-order valence-electron chi connectivity index (χ4n) is 3.25. The summed E-state index contributed by atoms with van der Waals surface area (Å²) in [5, 5.41) is 12.1. The molecule has 1 saturated heterocycles. The summed E-state index contributed by atoms with van der Waals surface area (Å²) in [6.07, 6.45) is 0. The second-order valence-corrected chi connectivity index (χ2v) is 6.73. The van der Waals surface area contributed by atoms with Gasteiger partial charge in [-0.05, 0) is 37.3 Å². The molecule has 0 bridgehead atoms. The molecule has 2 N–H and O–H groups in total. The SMILES string of the molecule is C[C@@H](NC(=O)CN1CCN(c2ccc(O)cc2)CC1)c1ccc(F)cc1F. The van der Waals surface area contributed by atoms with Crippen molar-refractivity contribution >= 4 is 11.6 Å². The Morgan fingerprint density at radius 1 is 1.11 bits per heavy atom. The van der Waals surface area contributed by atoms with E-state index in [0.29, 0.717) is 0 Å². The van der Waals surface area contributed by atoms with Crippen LogP contribution in [0, 0.1) is 11.6 Å². The molecule has 1 aliphatic heterocycles. The summed E-state index contributed by atoms with van der Waals surface area (Å²) in [4.78, 5) is 16.5. The highest BCUT2D eigenvalue weighted by atomic mass is 19.1. The Morgan fingerprint density at radius 2 is 1.78 bits per heavy atom. The van der Waals surface area contributed by atoms with Gasteiger partial charge in [0.05, 0.1) is 12.6 Å². The number of hydrogen-bond donors (Lipinski definition) is 2. The number of piperazine rings is 1. The second kappa shape index (κ2) is 8.35. The van der Waals surface area contributed by atoms with Crippen LogP contribution >= 0.6 is 0 Å². The molecule has 0 unspecified atom stereocenters. The third-order valence-corrected chi connectivity index (χ3v) is 4.76. The Labute approximate surface area is 157 Å². The number of hydrogen-bond acceptors (Lipinski definition) is 4. The lowest BCUT2D eigenvalue weighted by atomic mass is 10.1. The Hall–Kier alpha value is -2.67. The molecule has 0 aromatic heterocycles. The largest absolute Gasteiger partial charge is 0.508 e. The number of carbonyl (C=O) groups is 1. The fraction of sp³-hybridized carbons (Fsp3) is 0.350. The van der Waals surface area contributed by atoms with Crippen LogP contribution in [-0.2, 0) is 4.79 Å². The van der Waals surface area contributed by atoms with Gasteiger partial charge in [-0.2, -0.15) is 0 Å². The van der Waals surface area contributed by atoms with Crippen molar-refractivity contribution in [3.8, 4) is 5.75 Å². The van der Waals surface area contributed by atoms with E-state index in [0.717, 1.165) is 37.9 Å². The zero-order valence-electron chi connectivity index (χ0n) is 15.2. The van der Waals surface area contributed by atoms with E-state index in [4.69, 9.17) is 0 Å². The van der Waals surface area contributed by atoms with Crippen molar-refractivity contribution in [3.05, 3.63) is 59.7 Å². The first kappa shape index (κ1) is 19.1. The molecule has 0 spiro atoms. The molecule has 0 radical (unpaired) electrons. The monoisotopic (exact) mass is 375 g/mol. The number of phenolic OH excluding ortho intramolecular Hbond substituents is 1. The van der Waals surface area contributed by atoms with Crippen LogP contribution in [-0.4, -0.2) is 48.6 Å².